The zero-order chi connectivity index (χ0) is 4.28. The summed E-state index contributed by atoms with van der Waals surface area (Å²) in [7, 11) is 1.41. The molecule has 0 aromatic rings. The quantitative estimate of drug-likeness (QED) is 0.292. The average Bonchev–Trinajstić information content (AvgIpc) is 1.38. The molecule has 0 aliphatic rings. The molecule has 0 aromatic heterocycles. The normalized spacial score (nSPS) is 4.71. The van der Waals surface area contributed by atoms with E-state index >= 15 is 0 Å². The van der Waals surface area contributed by atoms with E-state index in [1.54, 1.807) is 0 Å². The van der Waals surface area contributed by atoms with Crippen LogP contribution in [0.4, 0.5) is 4.79 Å². The molecule has 0 atom stereocenters. The van der Waals surface area contributed by atoms with Gasteiger partial charge in [-0.05, 0) is 0 Å². The van der Waals surface area contributed by atoms with Crippen LogP contribution in [0.25, 0.3) is 5.73 Å². The molecule has 7 heavy (non-hydrogen) atoms. The molecule has 0 saturated carbocycles. The van der Waals surface area contributed by atoms with Gasteiger partial charge in [0.2, 0.25) is 0 Å². The molecular weight excluding hydrogens is 119 g/mol. The molecule has 38 valence electrons. The summed E-state index contributed by atoms with van der Waals surface area (Å²) in [5.74, 6) is 0. The van der Waals surface area contributed by atoms with Crippen molar-refractivity contribution in [1.29, 1.82) is 0 Å². The molecule has 0 aliphatic carbocycles. The third-order valence-corrected chi connectivity index (χ3v) is 0.227. The number of nitrogens with one attached hydrogen (secondary N) is 2. The molecule has 0 radical (unpaired) electrons. The number of hydrogen-bond donors (Lipinski definition) is 1. The Morgan fingerprint density at radius 2 is 1.86 bits per heavy atom. The third kappa shape index (κ3) is 19.7. The Morgan fingerprint density at radius 1 is 1.71 bits per heavy atom. The molecule has 0 saturated heterocycles. The summed E-state index contributed by atoms with van der Waals surface area (Å²) in [6, 6.07) is -0.745. The minimum Gasteiger partial charge on any atom is -0.453 e. The summed E-state index contributed by atoms with van der Waals surface area (Å²) in [6.07, 6.45) is 0. The van der Waals surface area contributed by atoms with E-state index in [4.69, 9.17) is 5.73 Å². The van der Waals surface area contributed by atoms with Gasteiger partial charge in [-0.3, -0.25) is 4.79 Å². The number of hydrogen-bond acceptors (Lipinski definition) is 1. The first-order chi connectivity index (χ1) is 2.27. The molecule has 0 fully saturated rings. The molecule has 0 bridgehead atoms. The Hall–Kier alpha value is 0.906. The van der Waals surface area contributed by atoms with Gasteiger partial charge in [-0.15, -0.1) is 0 Å². The van der Waals surface area contributed by atoms with Gasteiger partial charge in [0, 0.05) is 0 Å². The third-order valence-electron chi connectivity index (χ3n) is 0.227. The van der Waals surface area contributed by atoms with E-state index in [0.717, 1.165) is 0 Å². The summed E-state index contributed by atoms with van der Waals surface area (Å²) >= 11 is 0. The first kappa shape index (κ1) is 15.7. The van der Waals surface area contributed by atoms with Gasteiger partial charge >= 0.3 is 51.4 Å². The van der Waals surface area contributed by atoms with Crippen molar-refractivity contribution < 1.29 is 56.2 Å². The number of carbonyl (C=O) groups is 1. The van der Waals surface area contributed by atoms with Gasteiger partial charge in [0.25, 0.3) is 0 Å². The second kappa shape index (κ2) is 10.0. The number of urea groups is 1. The van der Waals surface area contributed by atoms with Crippen molar-refractivity contribution in [1.82, 2.24) is 5.32 Å². The SMILES string of the molecule is CNC([NH-])=O.[CH3-].[K+]. The van der Waals surface area contributed by atoms with Crippen LogP contribution in [0, 0.1) is 7.43 Å². The Morgan fingerprint density at radius 3 is 1.86 bits per heavy atom. The van der Waals surface area contributed by atoms with E-state index < -0.39 is 6.03 Å². The minimum absolute atomic E-state index is 0. The van der Waals surface area contributed by atoms with Gasteiger partial charge in [0.15, 0.2) is 0 Å². The van der Waals surface area contributed by atoms with E-state index in [2.05, 4.69) is 5.32 Å². The van der Waals surface area contributed by atoms with Crippen LogP contribution in [0.5, 0.6) is 0 Å². The van der Waals surface area contributed by atoms with Crippen LogP contribution in [0.15, 0.2) is 0 Å². The van der Waals surface area contributed by atoms with Gasteiger partial charge in [-0.25, -0.2) is 0 Å². The van der Waals surface area contributed by atoms with E-state index in [9.17, 15) is 4.79 Å². The molecule has 2 N–H and O–H groups in total. The summed E-state index contributed by atoms with van der Waals surface area (Å²) in [5, 5.41) is 2.06. The number of rotatable bonds is 0. The van der Waals surface area contributed by atoms with Gasteiger partial charge in [0.05, 0.1) is 0 Å². The maximum absolute atomic E-state index is 9.37. The first-order valence-electron chi connectivity index (χ1n) is 1.20. The van der Waals surface area contributed by atoms with Gasteiger partial charge in [-0.1, -0.05) is 7.05 Å². The molecule has 0 aromatic carbocycles. The van der Waals surface area contributed by atoms with Crippen molar-refractivity contribution in [3.63, 3.8) is 0 Å². The van der Waals surface area contributed by atoms with E-state index in [1.807, 2.05) is 0 Å². The van der Waals surface area contributed by atoms with Crippen molar-refractivity contribution >= 4 is 6.03 Å². The maximum atomic E-state index is 9.37. The molecular formula is C3H8KN2O-. The van der Waals surface area contributed by atoms with Crippen LogP contribution in [-0.2, 0) is 0 Å². The minimum atomic E-state index is -0.745. The molecule has 3 nitrogen and oxygen atoms in total. The number of carbonyl (C=O) groups excluding carboxylic acids is 1. The molecule has 0 aliphatic heterocycles. The topological polar surface area (TPSA) is 52.9 Å². The van der Waals surface area contributed by atoms with Crippen LogP contribution in [0.1, 0.15) is 0 Å². The Bertz CT molecular complexity index is 48.2. The largest absolute Gasteiger partial charge is 1.00 e. The van der Waals surface area contributed by atoms with Crippen molar-refractivity contribution in [3.05, 3.63) is 13.2 Å². The van der Waals surface area contributed by atoms with Gasteiger partial charge < -0.3 is 18.5 Å². The van der Waals surface area contributed by atoms with Crippen LogP contribution >= 0.6 is 0 Å². The molecule has 0 unspecified atom stereocenters. The zero-order valence-electron chi connectivity index (χ0n) is 4.91. The van der Waals surface area contributed by atoms with Crippen LogP contribution < -0.4 is 56.7 Å². The van der Waals surface area contributed by atoms with E-state index in [0.29, 0.717) is 0 Å². The van der Waals surface area contributed by atoms with E-state index in [1.165, 1.54) is 7.05 Å². The van der Waals surface area contributed by atoms with Crippen molar-refractivity contribution in [2.75, 3.05) is 7.05 Å². The Balaban J connectivity index is -0.0000000800. The fraction of sp³-hybridized carbons (Fsp3) is 0.333. The predicted octanol–water partition coefficient (Wildman–Crippen LogP) is -2.17. The van der Waals surface area contributed by atoms with Gasteiger partial charge in [-0.2, -0.15) is 0 Å². The predicted molar refractivity (Wildman–Crippen MR) is 25.2 cm³/mol. The zero-order valence-corrected chi connectivity index (χ0v) is 8.03. The monoisotopic (exact) mass is 127 g/mol. The second-order valence-corrected chi connectivity index (χ2v) is 0.579. The molecule has 0 heterocycles. The Labute approximate surface area is 86.4 Å². The van der Waals surface area contributed by atoms with Crippen molar-refractivity contribution in [2.24, 2.45) is 0 Å². The van der Waals surface area contributed by atoms with Crippen LogP contribution in [0.2, 0.25) is 0 Å². The average molecular weight is 127 g/mol. The molecule has 2 amide bonds. The fourth-order valence-electron chi connectivity index (χ4n) is 0. The first-order valence-corrected chi connectivity index (χ1v) is 1.20. The molecule has 4 heteroatoms. The fourth-order valence-corrected chi connectivity index (χ4v) is 0. The molecule has 0 spiro atoms. The van der Waals surface area contributed by atoms with Crippen molar-refractivity contribution in [3.8, 4) is 0 Å². The maximum Gasteiger partial charge on any atom is 1.00 e. The summed E-state index contributed by atoms with van der Waals surface area (Å²) in [6.45, 7) is 0. The van der Waals surface area contributed by atoms with Gasteiger partial charge in [0.1, 0.15) is 6.03 Å². The molecule has 0 rings (SSSR count). The van der Waals surface area contributed by atoms with Crippen molar-refractivity contribution in [2.45, 2.75) is 0 Å². The number of amides is 2. The summed E-state index contributed by atoms with van der Waals surface area (Å²) in [5.41, 5.74) is 6.08. The second-order valence-electron chi connectivity index (χ2n) is 0.579. The standard InChI is InChI=1S/C2H6N2O.CH3.K/c1-4-2(3)5;;/h1H3,(H3,3,4,5);1H3;/q;-1;+1/p-1. The van der Waals surface area contributed by atoms with Crippen LogP contribution in [-0.4, -0.2) is 13.1 Å². The summed E-state index contributed by atoms with van der Waals surface area (Å²) < 4.78 is 0. The smallest absolute Gasteiger partial charge is 0.453 e. The van der Waals surface area contributed by atoms with Crippen LogP contribution in [0.3, 0.4) is 0 Å². The summed E-state index contributed by atoms with van der Waals surface area (Å²) in [4.78, 5) is 9.37. The Kier molecular flexibility index (Phi) is 22.4. The van der Waals surface area contributed by atoms with E-state index in [-0.39, 0.29) is 58.8 Å².